The van der Waals surface area contributed by atoms with Crippen molar-refractivity contribution in [2.45, 2.75) is 6.42 Å². The Morgan fingerprint density at radius 2 is 2.19 bits per heavy atom. The fraction of sp³-hybridized carbons (Fsp3) is 0.167. The normalized spacial score (nSPS) is 10.3. The summed E-state index contributed by atoms with van der Waals surface area (Å²) in [4.78, 5) is 0. The Morgan fingerprint density at radius 3 is 2.88 bits per heavy atom. The van der Waals surface area contributed by atoms with Gasteiger partial charge in [0.05, 0.1) is 6.26 Å². The molecule has 1 aromatic heterocycles. The van der Waals surface area contributed by atoms with Gasteiger partial charge in [0.15, 0.2) is 0 Å². The van der Waals surface area contributed by atoms with Crippen molar-refractivity contribution in [2.75, 3.05) is 17.6 Å². The van der Waals surface area contributed by atoms with E-state index in [1.807, 2.05) is 30.3 Å². The molecule has 3 N–H and O–H groups in total. The van der Waals surface area contributed by atoms with Gasteiger partial charge < -0.3 is 15.5 Å². The summed E-state index contributed by atoms with van der Waals surface area (Å²) in [7, 11) is 0. The lowest BCUT2D eigenvalue weighted by molar-refractivity contribution is 0.513. The molecular weight excluding hydrogens is 268 g/mol. The lowest BCUT2D eigenvalue weighted by atomic mass is 10.2. The molecule has 0 saturated heterocycles. The molecule has 84 valence electrons. The summed E-state index contributed by atoms with van der Waals surface area (Å²) in [6, 6.07) is 9.59. The second-order valence-electron chi connectivity index (χ2n) is 3.50. The zero-order valence-corrected chi connectivity index (χ0v) is 10.3. The Kier molecular flexibility index (Phi) is 3.51. The molecule has 0 unspecified atom stereocenters. The number of anilines is 2. The molecule has 2 aromatic rings. The number of nitrogens with two attached hydrogens (primary N) is 1. The van der Waals surface area contributed by atoms with E-state index in [2.05, 4.69) is 21.2 Å². The van der Waals surface area contributed by atoms with Gasteiger partial charge in [-0.2, -0.15) is 0 Å². The van der Waals surface area contributed by atoms with Crippen molar-refractivity contribution in [3.63, 3.8) is 0 Å². The van der Waals surface area contributed by atoms with Crippen LogP contribution in [0, 0.1) is 0 Å². The van der Waals surface area contributed by atoms with Crippen LogP contribution in [0.3, 0.4) is 0 Å². The van der Waals surface area contributed by atoms with Gasteiger partial charge in [0, 0.05) is 28.8 Å². The van der Waals surface area contributed by atoms with E-state index in [-0.39, 0.29) is 0 Å². The van der Waals surface area contributed by atoms with Crippen LogP contribution >= 0.6 is 15.9 Å². The number of hydrogen-bond donors (Lipinski definition) is 2. The maximum absolute atomic E-state index is 5.66. The predicted molar refractivity (Wildman–Crippen MR) is 69.5 cm³/mol. The van der Waals surface area contributed by atoms with Gasteiger partial charge in [0.2, 0.25) is 0 Å². The summed E-state index contributed by atoms with van der Waals surface area (Å²) in [5, 5.41) is 3.32. The van der Waals surface area contributed by atoms with Crippen molar-refractivity contribution in [3.8, 4) is 0 Å². The van der Waals surface area contributed by atoms with Gasteiger partial charge in [-0.15, -0.1) is 0 Å². The van der Waals surface area contributed by atoms with E-state index < -0.39 is 0 Å². The summed E-state index contributed by atoms with van der Waals surface area (Å²) >= 11 is 3.46. The third kappa shape index (κ3) is 2.79. The predicted octanol–water partition coefficient (Wildman–Crippen LogP) is 3.28. The van der Waals surface area contributed by atoms with Gasteiger partial charge in [-0.05, 0) is 46.3 Å². The van der Waals surface area contributed by atoms with E-state index >= 15 is 0 Å². The first-order chi connectivity index (χ1) is 7.75. The molecule has 0 fully saturated rings. The molecule has 1 aromatic carbocycles. The summed E-state index contributed by atoms with van der Waals surface area (Å²) in [5.74, 6) is 0.985. The van der Waals surface area contributed by atoms with Crippen molar-refractivity contribution in [1.82, 2.24) is 0 Å². The molecule has 0 aliphatic heterocycles. The van der Waals surface area contributed by atoms with Gasteiger partial charge in [-0.1, -0.05) is 0 Å². The molecule has 0 bridgehead atoms. The summed E-state index contributed by atoms with van der Waals surface area (Å²) in [6.45, 7) is 0.829. The molecule has 0 radical (unpaired) electrons. The van der Waals surface area contributed by atoms with Gasteiger partial charge in [0.1, 0.15) is 5.76 Å². The zero-order valence-electron chi connectivity index (χ0n) is 8.74. The lowest BCUT2D eigenvalue weighted by Crippen LogP contribution is -2.04. The fourth-order valence-corrected chi connectivity index (χ4v) is 1.99. The van der Waals surface area contributed by atoms with Crippen LogP contribution in [-0.4, -0.2) is 6.54 Å². The lowest BCUT2D eigenvalue weighted by Gasteiger charge is -2.08. The third-order valence-corrected chi connectivity index (χ3v) is 2.92. The van der Waals surface area contributed by atoms with Crippen LogP contribution in [0.2, 0.25) is 0 Å². The number of furan rings is 1. The summed E-state index contributed by atoms with van der Waals surface area (Å²) in [6.07, 6.45) is 2.55. The standard InChI is InChI=1S/C12H13BrN2O/c13-11-8-9(14)3-4-12(11)15-6-5-10-2-1-7-16-10/h1-4,7-8,15H,5-6,14H2. The van der Waals surface area contributed by atoms with Gasteiger partial charge in [0.25, 0.3) is 0 Å². The average Bonchev–Trinajstić information content (AvgIpc) is 2.74. The Hall–Kier alpha value is -1.42. The van der Waals surface area contributed by atoms with E-state index in [9.17, 15) is 0 Å². The molecule has 0 atom stereocenters. The number of hydrogen-bond acceptors (Lipinski definition) is 3. The Bertz CT molecular complexity index is 454. The SMILES string of the molecule is Nc1ccc(NCCc2ccco2)c(Br)c1. The topological polar surface area (TPSA) is 51.2 Å². The second-order valence-corrected chi connectivity index (χ2v) is 4.35. The van der Waals surface area contributed by atoms with E-state index in [1.54, 1.807) is 6.26 Å². The zero-order chi connectivity index (χ0) is 11.4. The molecule has 3 nitrogen and oxygen atoms in total. The maximum Gasteiger partial charge on any atom is 0.105 e. The highest BCUT2D eigenvalue weighted by atomic mass is 79.9. The first-order valence-corrected chi connectivity index (χ1v) is 5.86. The molecule has 1 heterocycles. The monoisotopic (exact) mass is 280 g/mol. The number of nitrogen functional groups attached to an aromatic ring is 1. The fourth-order valence-electron chi connectivity index (χ4n) is 1.45. The molecule has 2 rings (SSSR count). The Labute approximate surface area is 103 Å². The van der Waals surface area contributed by atoms with Crippen molar-refractivity contribution in [1.29, 1.82) is 0 Å². The molecule has 16 heavy (non-hydrogen) atoms. The first kappa shape index (κ1) is 11.1. The van der Waals surface area contributed by atoms with E-state index in [4.69, 9.17) is 10.2 Å². The van der Waals surface area contributed by atoms with Gasteiger partial charge in [-0.25, -0.2) is 0 Å². The first-order valence-electron chi connectivity index (χ1n) is 5.07. The van der Waals surface area contributed by atoms with Gasteiger partial charge >= 0.3 is 0 Å². The highest BCUT2D eigenvalue weighted by Gasteiger charge is 2.00. The highest BCUT2D eigenvalue weighted by Crippen LogP contribution is 2.24. The minimum absolute atomic E-state index is 0.753. The number of halogens is 1. The quantitative estimate of drug-likeness (QED) is 0.845. The maximum atomic E-state index is 5.66. The van der Waals surface area contributed by atoms with Crippen LogP contribution in [0.25, 0.3) is 0 Å². The second kappa shape index (κ2) is 5.07. The van der Waals surface area contributed by atoms with Gasteiger partial charge in [-0.3, -0.25) is 0 Å². The van der Waals surface area contributed by atoms with Crippen molar-refractivity contribution in [2.24, 2.45) is 0 Å². The average molecular weight is 281 g/mol. The summed E-state index contributed by atoms with van der Waals surface area (Å²) < 4.78 is 6.23. The minimum Gasteiger partial charge on any atom is -0.469 e. The van der Waals surface area contributed by atoms with Crippen LogP contribution in [0.1, 0.15) is 5.76 Å². The van der Waals surface area contributed by atoms with Crippen LogP contribution in [0.15, 0.2) is 45.5 Å². The van der Waals surface area contributed by atoms with Crippen molar-refractivity contribution >= 4 is 27.3 Å². The smallest absolute Gasteiger partial charge is 0.105 e. The minimum atomic E-state index is 0.753. The van der Waals surface area contributed by atoms with Crippen LogP contribution < -0.4 is 11.1 Å². The molecule has 0 spiro atoms. The molecule has 0 saturated carbocycles. The Balaban J connectivity index is 1.90. The van der Waals surface area contributed by atoms with Crippen molar-refractivity contribution < 1.29 is 4.42 Å². The summed E-state index contributed by atoms with van der Waals surface area (Å²) in [5.41, 5.74) is 7.46. The largest absolute Gasteiger partial charge is 0.469 e. The third-order valence-electron chi connectivity index (χ3n) is 2.26. The van der Waals surface area contributed by atoms with E-state index in [1.165, 1.54) is 0 Å². The van der Waals surface area contributed by atoms with E-state index in [0.29, 0.717) is 0 Å². The van der Waals surface area contributed by atoms with Crippen LogP contribution in [0.4, 0.5) is 11.4 Å². The molecule has 0 aliphatic carbocycles. The van der Waals surface area contributed by atoms with Crippen LogP contribution in [0.5, 0.6) is 0 Å². The Morgan fingerprint density at radius 1 is 1.31 bits per heavy atom. The van der Waals surface area contributed by atoms with Crippen molar-refractivity contribution in [3.05, 3.63) is 46.8 Å². The molecule has 0 amide bonds. The molecule has 0 aliphatic rings. The number of nitrogens with one attached hydrogen (secondary N) is 1. The number of benzene rings is 1. The number of rotatable bonds is 4. The molecular formula is C12H13BrN2O. The van der Waals surface area contributed by atoms with Crippen LogP contribution in [-0.2, 0) is 6.42 Å². The molecule has 4 heteroatoms. The van der Waals surface area contributed by atoms with E-state index in [0.717, 1.165) is 34.6 Å². The highest BCUT2D eigenvalue weighted by molar-refractivity contribution is 9.10.